The molecule has 0 spiro atoms. The highest BCUT2D eigenvalue weighted by Gasteiger charge is 2.45. The fourth-order valence-electron chi connectivity index (χ4n) is 8.89. The summed E-state index contributed by atoms with van der Waals surface area (Å²) in [4.78, 5) is 2.62. The van der Waals surface area contributed by atoms with E-state index in [0.29, 0.717) is 6.04 Å². The summed E-state index contributed by atoms with van der Waals surface area (Å²) in [6, 6.07) is 27.0. The molecule has 254 valence electrons. The van der Waals surface area contributed by atoms with Crippen LogP contribution in [-0.4, -0.2) is 18.8 Å². The van der Waals surface area contributed by atoms with Crippen LogP contribution in [0.25, 0.3) is 16.7 Å². The zero-order valence-corrected chi connectivity index (χ0v) is 30.8. The van der Waals surface area contributed by atoms with Gasteiger partial charge in [-0.1, -0.05) is 111 Å². The van der Waals surface area contributed by atoms with E-state index in [4.69, 9.17) is 7.85 Å². The Kier molecular flexibility index (Phi) is 9.70. The Bertz CT molecular complexity index is 1900. The smallest absolute Gasteiger partial charge is 0.105 e. The molecular formula is C47H53BN2. The normalized spacial score (nSPS) is 26.4. The monoisotopic (exact) mass is 656 g/mol. The van der Waals surface area contributed by atoms with Crippen LogP contribution in [0.5, 0.6) is 0 Å². The van der Waals surface area contributed by atoms with Crippen molar-refractivity contribution in [2.45, 2.75) is 97.9 Å². The average Bonchev–Trinajstić information content (AvgIpc) is 3.17. The first kappa shape index (κ1) is 34.2. The lowest BCUT2D eigenvalue weighted by Crippen LogP contribution is -2.43. The van der Waals surface area contributed by atoms with Crippen LogP contribution in [0.15, 0.2) is 138 Å². The molecule has 2 aliphatic heterocycles. The van der Waals surface area contributed by atoms with Crippen molar-refractivity contribution in [3.63, 3.8) is 0 Å². The lowest BCUT2D eigenvalue weighted by atomic mass is 9.65. The molecule has 3 heteroatoms. The summed E-state index contributed by atoms with van der Waals surface area (Å²) in [6.45, 7) is 11.9. The predicted octanol–water partition coefficient (Wildman–Crippen LogP) is 12.8. The van der Waals surface area contributed by atoms with Crippen molar-refractivity contribution in [2.24, 2.45) is 10.8 Å². The van der Waals surface area contributed by atoms with Crippen molar-refractivity contribution in [3.8, 4) is 11.1 Å². The van der Waals surface area contributed by atoms with Crippen molar-refractivity contribution in [3.05, 3.63) is 149 Å². The summed E-state index contributed by atoms with van der Waals surface area (Å²) >= 11 is 0. The van der Waals surface area contributed by atoms with Crippen molar-refractivity contribution in [1.82, 2.24) is 4.90 Å². The maximum Gasteiger partial charge on any atom is 0.105 e. The van der Waals surface area contributed by atoms with Crippen LogP contribution in [0.3, 0.4) is 0 Å². The van der Waals surface area contributed by atoms with E-state index in [9.17, 15) is 0 Å². The van der Waals surface area contributed by atoms with Gasteiger partial charge < -0.3 is 10.2 Å². The summed E-state index contributed by atoms with van der Waals surface area (Å²) in [5, 5.41) is 3.89. The van der Waals surface area contributed by atoms with Crippen LogP contribution in [0.4, 0.5) is 11.4 Å². The molecule has 0 amide bonds. The fourth-order valence-corrected chi connectivity index (χ4v) is 8.89. The van der Waals surface area contributed by atoms with Crippen molar-refractivity contribution >= 4 is 24.8 Å². The number of rotatable bonds is 5. The first-order valence-electron chi connectivity index (χ1n) is 19.0. The molecule has 1 fully saturated rings. The zero-order chi connectivity index (χ0) is 34.9. The van der Waals surface area contributed by atoms with Gasteiger partial charge in [-0.05, 0) is 128 Å². The second kappa shape index (κ2) is 14.2. The molecule has 0 saturated carbocycles. The van der Waals surface area contributed by atoms with Gasteiger partial charge in [-0.15, -0.1) is 5.98 Å². The summed E-state index contributed by atoms with van der Waals surface area (Å²) in [7, 11) is 6.65. The molecule has 50 heavy (non-hydrogen) atoms. The van der Waals surface area contributed by atoms with E-state index >= 15 is 0 Å². The van der Waals surface area contributed by atoms with Gasteiger partial charge in [0.15, 0.2) is 0 Å². The van der Waals surface area contributed by atoms with E-state index in [1.165, 1.54) is 76.8 Å². The van der Waals surface area contributed by atoms with Gasteiger partial charge in [-0.2, -0.15) is 0 Å². The second-order valence-electron chi connectivity index (χ2n) is 15.9. The summed E-state index contributed by atoms with van der Waals surface area (Å²) in [5.74, 6) is 2.00. The maximum atomic E-state index is 6.65. The Balaban J connectivity index is 1.36. The Morgan fingerprint density at radius 2 is 1.64 bits per heavy atom. The molecule has 2 radical (unpaired) electrons. The van der Waals surface area contributed by atoms with E-state index in [1.807, 2.05) is 5.98 Å². The van der Waals surface area contributed by atoms with Crippen LogP contribution < -0.4 is 5.32 Å². The van der Waals surface area contributed by atoms with Crippen molar-refractivity contribution in [2.75, 3.05) is 5.32 Å². The minimum Gasteiger partial charge on any atom is -0.355 e. The van der Waals surface area contributed by atoms with Gasteiger partial charge in [0.05, 0.1) is 0 Å². The van der Waals surface area contributed by atoms with Crippen molar-refractivity contribution < 1.29 is 0 Å². The van der Waals surface area contributed by atoms with Crippen LogP contribution in [-0.2, 0) is 0 Å². The molecule has 3 aromatic rings. The molecule has 2 nitrogen and oxygen atoms in total. The summed E-state index contributed by atoms with van der Waals surface area (Å²) in [5.41, 5.74) is 13.7. The molecule has 2 bridgehead atoms. The third-order valence-corrected chi connectivity index (χ3v) is 11.8. The first-order chi connectivity index (χ1) is 24.2. The zero-order valence-electron chi connectivity index (χ0n) is 30.8. The topological polar surface area (TPSA) is 15.3 Å². The minimum atomic E-state index is -0.310. The quantitative estimate of drug-likeness (QED) is 0.275. The molecule has 3 unspecified atom stereocenters. The number of hydrogen-bond acceptors (Lipinski definition) is 2. The number of anilines is 2. The largest absolute Gasteiger partial charge is 0.355 e. The molecule has 0 aromatic heterocycles. The number of nitrogens with zero attached hydrogens (tertiary/aromatic N) is 1. The van der Waals surface area contributed by atoms with Gasteiger partial charge in [0.1, 0.15) is 7.85 Å². The standard InChI is InChI=1S/C47H53BN2/c1-33-29-42(47(5)28-14-20-41-44(32-48)50(45(47)30-33)34(2)15-12-13-27-46(41,3)4)40-31-38(36-18-10-7-11-19-36)23-26-43(40)49-39-24-21-37(22-25-39)35-16-8-6-9-17-35/h6,8-9,14,16-18,20-26,28-32,34,42,49H,7,10-13,15,19,27H2,1-5H3/b28-14-,41-20?,44-32?. The van der Waals surface area contributed by atoms with E-state index in [2.05, 4.69) is 154 Å². The lowest BCUT2D eigenvalue weighted by molar-refractivity contribution is 0.242. The fraction of sp³-hybridized carbons (Fsp3) is 0.362. The lowest BCUT2D eigenvalue weighted by Gasteiger charge is -2.49. The molecule has 3 atom stereocenters. The highest BCUT2D eigenvalue weighted by Crippen LogP contribution is 2.55. The summed E-state index contributed by atoms with van der Waals surface area (Å²) < 4.78 is 0. The van der Waals surface area contributed by atoms with E-state index in [0.717, 1.165) is 36.3 Å². The summed E-state index contributed by atoms with van der Waals surface area (Å²) in [6.07, 6.45) is 24.2. The number of allylic oxidation sites excluding steroid dienone is 9. The van der Waals surface area contributed by atoms with Gasteiger partial charge in [0, 0.05) is 40.1 Å². The number of nitrogens with one attached hydrogen (secondary N) is 1. The third kappa shape index (κ3) is 6.64. The number of benzene rings is 3. The van der Waals surface area contributed by atoms with Gasteiger partial charge in [-0.3, -0.25) is 0 Å². The van der Waals surface area contributed by atoms with Crippen LogP contribution in [0.2, 0.25) is 0 Å². The molecule has 4 aliphatic rings. The van der Waals surface area contributed by atoms with E-state index in [-0.39, 0.29) is 16.7 Å². The minimum absolute atomic E-state index is 0.0281. The number of fused-ring (bicyclic) bond motifs is 4. The Labute approximate surface area is 302 Å². The Morgan fingerprint density at radius 1 is 0.880 bits per heavy atom. The van der Waals surface area contributed by atoms with Gasteiger partial charge in [-0.25, -0.2) is 0 Å². The number of hydrogen-bond donors (Lipinski definition) is 1. The SMILES string of the molecule is [B]C=C1C2=C/C=C\C3(C)C(=CC(C)=CC3c3cc(C4=CCCCC4)ccc3Nc3ccc(-c4ccccc4)cc3)N1C(C)CCCCC2(C)C. The van der Waals surface area contributed by atoms with Crippen LogP contribution in [0, 0.1) is 10.8 Å². The van der Waals surface area contributed by atoms with E-state index in [1.54, 1.807) is 0 Å². The highest BCUT2D eigenvalue weighted by atomic mass is 15.2. The Hall–Kier alpha value is -4.24. The second-order valence-corrected chi connectivity index (χ2v) is 15.9. The average molecular weight is 657 g/mol. The van der Waals surface area contributed by atoms with Gasteiger partial charge >= 0.3 is 0 Å². The van der Waals surface area contributed by atoms with E-state index < -0.39 is 0 Å². The Morgan fingerprint density at radius 3 is 2.38 bits per heavy atom. The predicted molar refractivity (Wildman–Crippen MR) is 215 cm³/mol. The third-order valence-electron chi connectivity index (χ3n) is 11.8. The van der Waals surface area contributed by atoms with Gasteiger partial charge in [0.25, 0.3) is 0 Å². The maximum absolute atomic E-state index is 6.65. The van der Waals surface area contributed by atoms with Gasteiger partial charge in [0.2, 0.25) is 0 Å². The molecule has 2 heterocycles. The van der Waals surface area contributed by atoms with Crippen molar-refractivity contribution in [1.29, 1.82) is 0 Å². The molecule has 2 aliphatic carbocycles. The first-order valence-corrected chi connectivity index (χ1v) is 19.0. The van der Waals surface area contributed by atoms with Crippen LogP contribution >= 0.6 is 0 Å². The molecular weight excluding hydrogens is 603 g/mol. The molecule has 1 saturated heterocycles. The molecule has 3 aromatic carbocycles. The molecule has 1 N–H and O–H groups in total. The highest BCUT2D eigenvalue weighted by molar-refractivity contribution is 6.17. The van der Waals surface area contributed by atoms with Crippen LogP contribution in [0.1, 0.15) is 103 Å². The molecule has 7 rings (SSSR count).